The van der Waals surface area contributed by atoms with Gasteiger partial charge in [0.05, 0.1) is 0 Å². The second-order valence-electron chi connectivity index (χ2n) is 4.71. The van der Waals surface area contributed by atoms with E-state index >= 15 is 0 Å². The third-order valence-corrected chi connectivity index (χ3v) is 3.42. The fourth-order valence-electron chi connectivity index (χ4n) is 2.42. The maximum atomic E-state index is 2.26. The van der Waals surface area contributed by atoms with Crippen molar-refractivity contribution in [2.45, 2.75) is 48.5 Å². The van der Waals surface area contributed by atoms with Crippen molar-refractivity contribution in [3.05, 3.63) is 66.4 Å². The van der Waals surface area contributed by atoms with Gasteiger partial charge in [-0.05, 0) is 30.0 Å². The van der Waals surface area contributed by atoms with Crippen LogP contribution in [0.15, 0.2) is 60.8 Å². The second-order valence-corrected chi connectivity index (χ2v) is 4.71. The molecule has 1 heterocycles. The van der Waals surface area contributed by atoms with Gasteiger partial charge < -0.3 is 0 Å². The number of hydrogen-bond acceptors (Lipinski definition) is 0. The number of aromatic nitrogens is 1. The van der Waals surface area contributed by atoms with Gasteiger partial charge in [0.2, 0.25) is 5.69 Å². The molecule has 1 aromatic heterocycles. The van der Waals surface area contributed by atoms with Gasteiger partial charge in [-0.1, -0.05) is 77.9 Å². The Labute approximate surface area is 149 Å². The SMILES string of the molecule is CC.CC.CC.Cc1ccccc1-c1cc2ccccc2c[n+]1C. The van der Waals surface area contributed by atoms with Crippen LogP contribution in [-0.2, 0) is 7.05 Å². The maximum Gasteiger partial charge on any atom is 0.213 e. The summed E-state index contributed by atoms with van der Waals surface area (Å²) in [6, 6.07) is 19.3. The van der Waals surface area contributed by atoms with Crippen LogP contribution in [0.5, 0.6) is 0 Å². The largest absolute Gasteiger partial charge is 0.213 e. The van der Waals surface area contributed by atoms with Crippen molar-refractivity contribution >= 4 is 10.8 Å². The zero-order valence-electron chi connectivity index (χ0n) is 16.7. The van der Waals surface area contributed by atoms with Crippen LogP contribution in [-0.4, -0.2) is 0 Å². The molecule has 130 valence electrons. The summed E-state index contributed by atoms with van der Waals surface area (Å²) < 4.78 is 2.20. The Bertz CT molecular complexity index is 714. The molecule has 0 N–H and O–H groups in total. The molecule has 0 spiro atoms. The van der Waals surface area contributed by atoms with Crippen molar-refractivity contribution in [2.24, 2.45) is 7.05 Å². The summed E-state index contributed by atoms with van der Waals surface area (Å²) >= 11 is 0. The quantitative estimate of drug-likeness (QED) is 0.437. The van der Waals surface area contributed by atoms with Crippen molar-refractivity contribution in [1.82, 2.24) is 0 Å². The average molecular weight is 325 g/mol. The summed E-state index contributed by atoms with van der Waals surface area (Å²) in [6.07, 6.45) is 2.19. The Morgan fingerprint density at radius 1 is 0.667 bits per heavy atom. The van der Waals surface area contributed by atoms with Crippen LogP contribution in [0.25, 0.3) is 22.0 Å². The van der Waals surface area contributed by atoms with Crippen LogP contribution >= 0.6 is 0 Å². The fourth-order valence-corrected chi connectivity index (χ4v) is 2.42. The molecular weight excluding hydrogens is 290 g/mol. The molecule has 0 unspecified atom stereocenters. The van der Waals surface area contributed by atoms with E-state index < -0.39 is 0 Å². The molecule has 0 saturated carbocycles. The molecule has 2 aromatic carbocycles. The lowest BCUT2D eigenvalue weighted by Crippen LogP contribution is -2.30. The van der Waals surface area contributed by atoms with Crippen molar-refractivity contribution < 1.29 is 4.57 Å². The average Bonchev–Trinajstić information content (AvgIpc) is 2.67. The number of hydrogen-bond donors (Lipinski definition) is 0. The van der Waals surface area contributed by atoms with E-state index in [9.17, 15) is 0 Å². The van der Waals surface area contributed by atoms with E-state index in [1.165, 1.54) is 27.6 Å². The Morgan fingerprint density at radius 3 is 1.75 bits per heavy atom. The molecular formula is C23H34N+. The van der Waals surface area contributed by atoms with E-state index in [0.717, 1.165) is 0 Å². The lowest BCUT2D eigenvalue weighted by Gasteiger charge is -2.05. The van der Waals surface area contributed by atoms with Crippen molar-refractivity contribution in [3.63, 3.8) is 0 Å². The highest BCUT2D eigenvalue weighted by atomic mass is 14.9. The third-order valence-electron chi connectivity index (χ3n) is 3.42. The number of rotatable bonds is 1. The van der Waals surface area contributed by atoms with Crippen LogP contribution in [0.2, 0.25) is 0 Å². The van der Waals surface area contributed by atoms with Crippen molar-refractivity contribution in [2.75, 3.05) is 0 Å². The molecule has 1 heteroatoms. The molecule has 0 fully saturated rings. The molecule has 0 aliphatic heterocycles. The first kappa shape index (κ1) is 21.9. The van der Waals surface area contributed by atoms with E-state index in [1.807, 2.05) is 41.5 Å². The van der Waals surface area contributed by atoms with Gasteiger partial charge in [0, 0.05) is 17.0 Å². The van der Waals surface area contributed by atoms with Gasteiger partial charge in [-0.15, -0.1) is 0 Å². The predicted molar refractivity (Wildman–Crippen MR) is 109 cm³/mol. The van der Waals surface area contributed by atoms with E-state index in [2.05, 4.69) is 79.3 Å². The van der Waals surface area contributed by atoms with Gasteiger partial charge in [0.1, 0.15) is 7.05 Å². The van der Waals surface area contributed by atoms with E-state index in [1.54, 1.807) is 0 Å². The monoisotopic (exact) mass is 324 g/mol. The molecule has 3 aromatic rings. The number of benzene rings is 2. The van der Waals surface area contributed by atoms with Crippen LogP contribution in [0.1, 0.15) is 47.1 Å². The Morgan fingerprint density at radius 2 is 1.17 bits per heavy atom. The summed E-state index contributed by atoms with van der Waals surface area (Å²) in [5, 5.41) is 2.56. The minimum absolute atomic E-state index is 1.26. The summed E-state index contributed by atoms with van der Waals surface area (Å²) in [4.78, 5) is 0. The molecule has 0 bridgehead atoms. The molecule has 0 aliphatic carbocycles. The zero-order chi connectivity index (χ0) is 18.5. The minimum atomic E-state index is 1.26. The van der Waals surface area contributed by atoms with Gasteiger partial charge >= 0.3 is 0 Å². The number of nitrogens with zero attached hydrogens (tertiary/aromatic N) is 1. The Kier molecular flexibility index (Phi) is 11.2. The van der Waals surface area contributed by atoms with Crippen molar-refractivity contribution in [1.29, 1.82) is 0 Å². The third kappa shape index (κ3) is 5.49. The summed E-state index contributed by atoms with van der Waals surface area (Å²) in [6.45, 7) is 14.2. The van der Waals surface area contributed by atoms with E-state index in [0.29, 0.717) is 0 Å². The highest BCUT2D eigenvalue weighted by Crippen LogP contribution is 2.23. The first-order chi connectivity index (χ1) is 11.8. The maximum absolute atomic E-state index is 2.26. The van der Waals surface area contributed by atoms with Gasteiger partial charge in [-0.2, -0.15) is 0 Å². The Balaban J connectivity index is 0.000000798. The van der Waals surface area contributed by atoms with Gasteiger partial charge in [-0.25, -0.2) is 4.57 Å². The predicted octanol–water partition coefficient (Wildman–Crippen LogP) is 6.72. The molecule has 3 rings (SSSR count). The van der Waals surface area contributed by atoms with E-state index in [-0.39, 0.29) is 0 Å². The zero-order valence-corrected chi connectivity index (χ0v) is 16.7. The molecule has 0 radical (unpaired) electrons. The Hall–Kier alpha value is -2.15. The molecule has 0 amide bonds. The number of pyridine rings is 1. The second kappa shape index (κ2) is 12.3. The first-order valence-electron chi connectivity index (χ1n) is 9.20. The minimum Gasteiger partial charge on any atom is -0.200 e. The summed E-state index contributed by atoms with van der Waals surface area (Å²) in [5.41, 5.74) is 3.86. The normalized spacial score (nSPS) is 8.83. The topological polar surface area (TPSA) is 3.88 Å². The number of fused-ring (bicyclic) bond motifs is 1. The van der Waals surface area contributed by atoms with Gasteiger partial charge in [0.15, 0.2) is 6.20 Å². The summed E-state index contributed by atoms with van der Waals surface area (Å²) in [7, 11) is 2.11. The molecule has 0 saturated heterocycles. The highest BCUT2D eigenvalue weighted by molar-refractivity contribution is 5.84. The van der Waals surface area contributed by atoms with Gasteiger partial charge in [0.25, 0.3) is 0 Å². The lowest BCUT2D eigenvalue weighted by molar-refractivity contribution is -0.659. The van der Waals surface area contributed by atoms with Gasteiger partial charge in [-0.3, -0.25) is 0 Å². The molecule has 0 aliphatic rings. The standard InChI is InChI=1S/C17H16N.3C2H6/c1-13-7-3-6-10-16(13)17-11-14-8-4-5-9-15(14)12-18(17)2;3*1-2/h3-12H,1-2H3;3*1-2H3/q+1;;;. The smallest absolute Gasteiger partial charge is 0.200 e. The van der Waals surface area contributed by atoms with Crippen molar-refractivity contribution in [3.8, 4) is 11.3 Å². The van der Waals surface area contributed by atoms with Crippen LogP contribution in [0.3, 0.4) is 0 Å². The molecule has 0 atom stereocenters. The summed E-state index contributed by atoms with van der Waals surface area (Å²) in [5.74, 6) is 0. The van der Waals surface area contributed by atoms with Crippen LogP contribution < -0.4 is 4.57 Å². The van der Waals surface area contributed by atoms with E-state index in [4.69, 9.17) is 0 Å². The highest BCUT2D eigenvalue weighted by Gasteiger charge is 2.12. The first-order valence-corrected chi connectivity index (χ1v) is 9.20. The number of aryl methyl sites for hydroxylation is 2. The molecule has 24 heavy (non-hydrogen) atoms. The molecule has 1 nitrogen and oxygen atoms in total. The van der Waals surface area contributed by atoms with Crippen LogP contribution in [0.4, 0.5) is 0 Å². The van der Waals surface area contributed by atoms with Crippen LogP contribution in [0, 0.1) is 6.92 Å². The fraction of sp³-hybridized carbons (Fsp3) is 0.348. The lowest BCUT2D eigenvalue weighted by atomic mass is 10.0.